The van der Waals surface area contributed by atoms with Crippen LogP contribution in [-0.4, -0.2) is 86.8 Å². The van der Waals surface area contributed by atoms with Gasteiger partial charge < -0.3 is 9.80 Å². The second-order valence-electron chi connectivity index (χ2n) is 12.7. The van der Waals surface area contributed by atoms with Crippen molar-refractivity contribution in [3.05, 3.63) is 120 Å². The molecule has 0 spiro atoms. The summed E-state index contributed by atoms with van der Waals surface area (Å²) in [6.07, 6.45) is 17.1. The largest absolute Gasteiger partial charge is 0.369 e. The molecule has 2 aromatic carbocycles. The first kappa shape index (κ1) is 34.3. The van der Waals surface area contributed by atoms with Crippen molar-refractivity contribution in [1.29, 1.82) is 0 Å². The highest BCUT2D eigenvalue weighted by Gasteiger charge is 2.18. The van der Waals surface area contributed by atoms with E-state index >= 15 is 0 Å². The third kappa shape index (κ3) is 10.5. The fourth-order valence-corrected chi connectivity index (χ4v) is 8.19. The summed E-state index contributed by atoms with van der Waals surface area (Å²) in [6, 6.07) is 26.6. The molecule has 2 aromatic heterocycles. The number of nitrogens with zero attached hydrogens (tertiary/aromatic N) is 6. The van der Waals surface area contributed by atoms with Crippen molar-refractivity contribution >= 4 is 57.3 Å². The Morgan fingerprint density at radius 1 is 0.458 bits per heavy atom. The predicted molar refractivity (Wildman–Crippen MR) is 208 cm³/mol. The van der Waals surface area contributed by atoms with Crippen LogP contribution in [0.1, 0.15) is 22.3 Å². The second-order valence-corrected chi connectivity index (χ2v) is 15.4. The fourth-order valence-electron chi connectivity index (χ4n) is 6.13. The lowest BCUT2D eigenvalue weighted by atomic mass is 10.1. The van der Waals surface area contributed by atoms with Gasteiger partial charge in [0.15, 0.2) is 24.8 Å². The molecule has 6 nitrogen and oxygen atoms in total. The van der Waals surface area contributed by atoms with Crippen LogP contribution in [0.25, 0.3) is 24.3 Å². The van der Waals surface area contributed by atoms with Gasteiger partial charge in [0.05, 0.1) is 0 Å². The van der Waals surface area contributed by atoms with Crippen molar-refractivity contribution in [2.24, 2.45) is 14.1 Å². The minimum absolute atomic E-state index is 1.11. The molecule has 6 rings (SSSR count). The van der Waals surface area contributed by atoms with Crippen molar-refractivity contribution in [2.75, 3.05) is 86.8 Å². The van der Waals surface area contributed by atoms with Crippen molar-refractivity contribution in [1.82, 2.24) is 9.80 Å². The molecule has 0 unspecified atom stereocenters. The van der Waals surface area contributed by atoms with Gasteiger partial charge in [0.2, 0.25) is 0 Å². The Hall–Kier alpha value is -3.56. The highest BCUT2D eigenvalue weighted by atomic mass is 33.1. The fraction of sp³-hybridized carbons (Fsp3) is 0.350. The van der Waals surface area contributed by atoms with Crippen LogP contribution in [0.5, 0.6) is 0 Å². The number of rotatable bonds is 13. The summed E-state index contributed by atoms with van der Waals surface area (Å²) >= 11 is 0. The van der Waals surface area contributed by atoms with E-state index in [4.69, 9.17) is 0 Å². The Kier molecular flexibility index (Phi) is 12.7. The van der Waals surface area contributed by atoms with Crippen LogP contribution in [0.3, 0.4) is 0 Å². The van der Waals surface area contributed by atoms with Gasteiger partial charge in [-0.05, 0) is 46.5 Å². The van der Waals surface area contributed by atoms with Gasteiger partial charge >= 0.3 is 0 Å². The Labute approximate surface area is 295 Å². The minimum atomic E-state index is 1.11. The lowest BCUT2D eigenvalue weighted by Crippen LogP contribution is -2.47. The number of aryl methyl sites for hydroxylation is 2. The average molecular weight is 679 g/mol. The Balaban J connectivity index is 0.809. The molecule has 0 atom stereocenters. The molecule has 2 fully saturated rings. The van der Waals surface area contributed by atoms with Crippen LogP contribution in [0.15, 0.2) is 97.6 Å². The standard InChI is InChI=1S/C40H50N6S2/c1-41-19-15-37(16-20-41)5-3-35-7-11-39(12-8-35)45-27-23-43(24-28-45)31-33-47-48-34-32-44-25-29-46(30-26-44)40-13-9-36(10-14-40)4-6-38-17-21-42(2)22-18-38/h3-22H,23-34H2,1-2H3/q+2. The smallest absolute Gasteiger partial charge is 0.169 e. The summed E-state index contributed by atoms with van der Waals surface area (Å²) in [5, 5.41) is 0. The van der Waals surface area contributed by atoms with E-state index in [0.29, 0.717) is 0 Å². The first-order valence-corrected chi connectivity index (χ1v) is 19.7. The molecule has 0 saturated carbocycles. The van der Waals surface area contributed by atoms with Crippen LogP contribution in [-0.2, 0) is 14.1 Å². The van der Waals surface area contributed by atoms with Gasteiger partial charge in [0.25, 0.3) is 0 Å². The van der Waals surface area contributed by atoms with E-state index in [9.17, 15) is 0 Å². The van der Waals surface area contributed by atoms with Crippen molar-refractivity contribution in [2.45, 2.75) is 0 Å². The molecule has 0 amide bonds. The molecule has 4 heterocycles. The van der Waals surface area contributed by atoms with E-state index in [-0.39, 0.29) is 0 Å². The molecule has 48 heavy (non-hydrogen) atoms. The molecule has 0 aliphatic carbocycles. The first-order chi connectivity index (χ1) is 23.6. The summed E-state index contributed by atoms with van der Waals surface area (Å²) in [5.74, 6) is 2.41. The quantitative estimate of drug-likeness (QED) is 0.0976. The number of anilines is 2. The zero-order chi connectivity index (χ0) is 33.0. The Morgan fingerprint density at radius 3 is 1.10 bits per heavy atom. The van der Waals surface area contributed by atoms with E-state index in [1.807, 2.05) is 35.7 Å². The molecular formula is C40H50N6S2+2. The van der Waals surface area contributed by atoms with E-state index in [0.717, 1.165) is 52.4 Å². The Bertz CT molecular complexity index is 1470. The number of hydrogen-bond donors (Lipinski definition) is 0. The zero-order valence-electron chi connectivity index (χ0n) is 28.5. The van der Waals surface area contributed by atoms with E-state index in [1.54, 1.807) is 0 Å². The lowest BCUT2D eigenvalue weighted by Gasteiger charge is -2.36. The monoisotopic (exact) mass is 678 g/mol. The normalized spacial score (nSPS) is 16.4. The topological polar surface area (TPSA) is 20.7 Å². The molecular weight excluding hydrogens is 629 g/mol. The Morgan fingerprint density at radius 2 is 0.771 bits per heavy atom. The third-order valence-electron chi connectivity index (χ3n) is 9.27. The van der Waals surface area contributed by atoms with Gasteiger partial charge in [-0.15, -0.1) is 0 Å². The van der Waals surface area contributed by atoms with Gasteiger partial charge in [-0.25, -0.2) is 9.13 Å². The summed E-state index contributed by atoms with van der Waals surface area (Å²) in [7, 11) is 8.19. The summed E-state index contributed by atoms with van der Waals surface area (Å²) in [6.45, 7) is 11.4. The maximum absolute atomic E-state index is 2.63. The van der Waals surface area contributed by atoms with Gasteiger partial charge in [-0.3, -0.25) is 9.80 Å². The van der Waals surface area contributed by atoms with Crippen molar-refractivity contribution in [3.63, 3.8) is 0 Å². The second kappa shape index (κ2) is 17.7. The molecule has 0 bridgehead atoms. The van der Waals surface area contributed by atoms with Gasteiger partial charge in [0, 0.05) is 113 Å². The minimum Gasteiger partial charge on any atom is -0.369 e. The predicted octanol–water partition coefficient (Wildman–Crippen LogP) is 6.00. The number of benzene rings is 2. The van der Waals surface area contributed by atoms with E-state index in [2.05, 4.69) is 151 Å². The molecule has 0 N–H and O–H groups in total. The highest BCUT2D eigenvalue weighted by molar-refractivity contribution is 8.76. The van der Waals surface area contributed by atoms with Crippen LogP contribution >= 0.6 is 21.6 Å². The summed E-state index contributed by atoms with van der Waals surface area (Å²) < 4.78 is 4.11. The van der Waals surface area contributed by atoms with Crippen LogP contribution in [0, 0.1) is 0 Å². The van der Waals surface area contributed by atoms with Crippen molar-refractivity contribution in [3.8, 4) is 0 Å². The van der Waals surface area contributed by atoms with Gasteiger partial charge in [-0.1, -0.05) is 70.2 Å². The van der Waals surface area contributed by atoms with Crippen LogP contribution < -0.4 is 18.9 Å². The number of piperazine rings is 2. The third-order valence-corrected chi connectivity index (χ3v) is 11.6. The SMILES string of the molecule is C[n+]1ccc(/C=C/c2ccc(N3CCN(CCSSCCN4CCN(c5ccc(/C=C/c6cc[n+](C)cc6)cc5)CC4)CC3)cc2)cc1. The van der Waals surface area contributed by atoms with Crippen LogP contribution in [0.2, 0.25) is 0 Å². The maximum Gasteiger partial charge on any atom is 0.169 e. The molecule has 2 saturated heterocycles. The highest BCUT2D eigenvalue weighted by Crippen LogP contribution is 2.24. The molecule has 8 heteroatoms. The van der Waals surface area contributed by atoms with Crippen LogP contribution in [0.4, 0.5) is 11.4 Å². The van der Waals surface area contributed by atoms with E-state index < -0.39 is 0 Å². The van der Waals surface area contributed by atoms with Gasteiger partial charge in [-0.2, -0.15) is 0 Å². The number of aromatic nitrogens is 2. The molecule has 4 aromatic rings. The molecule has 250 valence electrons. The number of hydrogen-bond acceptors (Lipinski definition) is 6. The molecule has 2 aliphatic rings. The lowest BCUT2D eigenvalue weighted by molar-refractivity contribution is -0.671. The first-order valence-electron chi connectivity index (χ1n) is 17.2. The van der Waals surface area contributed by atoms with E-state index in [1.165, 1.54) is 58.2 Å². The number of pyridine rings is 2. The summed E-state index contributed by atoms with van der Waals surface area (Å²) in [5.41, 5.74) is 7.60. The average Bonchev–Trinajstić information content (AvgIpc) is 3.14. The zero-order valence-corrected chi connectivity index (χ0v) is 30.2. The van der Waals surface area contributed by atoms with Gasteiger partial charge in [0.1, 0.15) is 14.1 Å². The molecule has 0 radical (unpaired) electrons. The van der Waals surface area contributed by atoms with Crippen molar-refractivity contribution < 1.29 is 9.13 Å². The maximum atomic E-state index is 2.63. The molecule has 2 aliphatic heterocycles. The summed E-state index contributed by atoms with van der Waals surface area (Å²) in [4.78, 5) is 10.3.